The van der Waals surface area contributed by atoms with E-state index in [-0.39, 0.29) is 35.5 Å². The maximum atomic E-state index is 13.0. The van der Waals surface area contributed by atoms with E-state index in [1.54, 1.807) is 0 Å². The summed E-state index contributed by atoms with van der Waals surface area (Å²) in [5.74, 6) is 1.82. The van der Waals surface area contributed by atoms with Crippen LogP contribution in [0.25, 0.3) is 0 Å². The lowest BCUT2D eigenvalue weighted by Gasteiger charge is -2.32. The molecule has 5 rings (SSSR count). The lowest BCUT2D eigenvalue weighted by atomic mass is 9.88. The summed E-state index contributed by atoms with van der Waals surface area (Å²) in [6.45, 7) is 3.89. The standard InChI is InChI=1S/C28H33N5O2/c1-20-30-25(32-31-20)18-26(34)33-16-13-28(14-17-33)19-24(28)27(35)29-15-12-23(21-8-4-2-5-9-21)22-10-6-3-7-11-22/h2-11,23-24H,12-19H2,1H3,(H,29,35)(H,30,31,32)/t24-/m1/s1. The number of aromatic amines is 1. The predicted octanol–water partition coefficient (Wildman–Crippen LogP) is 3.62. The van der Waals surface area contributed by atoms with Gasteiger partial charge in [-0.15, -0.1) is 0 Å². The average molecular weight is 472 g/mol. The van der Waals surface area contributed by atoms with Gasteiger partial charge in [-0.05, 0) is 49.1 Å². The minimum absolute atomic E-state index is 0.0633. The first-order valence-corrected chi connectivity index (χ1v) is 12.6. The topological polar surface area (TPSA) is 91.0 Å². The normalized spacial score (nSPS) is 18.6. The van der Waals surface area contributed by atoms with E-state index in [4.69, 9.17) is 0 Å². The molecular weight excluding hydrogens is 438 g/mol. The van der Waals surface area contributed by atoms with Gasteiger partial charge in [-0.1, -0.05) is 60.7 Å². The van der Waals surface area contributed by atoms with Gasteiger partial charge in [-0.2, -0.15) is 5.10 Å². The molecule has 1 saturated heterocycles. The molecule has 1 aromatic heterocycles. The number of aryl methyl sites for hydroxylation is 1. The number of likely N-dealkylation sites (tertiary alicyclic amines) is 1. The van der Waals surface area contributed by atoms with Crippen molar-refractivity contribution in [2.75, 3.05) is 19.6 Å². The quantitative estimate of drug-likeness (QED) is 0.525. The Labute approximate surface area is 206 Å². The lowest BCUT2D eigenvalue weighted by Crippen LogP contribution is -2.41. The first kappa shape index (κ1) is 23.3. The van der Waals surface area contributed by atoms with Crippen molar-refractivity contribution in [1.82, 2.24) is 25.4 Å². The van der Waals surface area contributed by atoms with Gasteiger partial charge in [0.15, 0.2) is 5.82 Å². The van der Waals surface area contributed by atoms with Crippen molar-refractivity contribution >= 4 is 11.8 Å². The number of nitrogens with one attached hydrogen (secondary N) is 2. The highest BCUT2D eigenvalue weighted by Gasteiger charge is 2.58. The number of carbonyl (C=O) groups excluding carboxylic acids is 2. The molecule has 1 aliphatic carbocycles. The zero-order valence-corrected chi connectivity index (χ0v) is 20.2. The molecule has 3 aromatic rings. The molecule has 0 bridgehead atoms. The van der Waals surface area contributed by atoms with E-state index in [1.165, 1.54) is 11.1 Å². The van der Waals surface area contributed by atoms with E-state index in [0.717, 1.165) is 31.5 Å². The molecule has 2 N–H and O–H groups in total. The number of hydrogen-bond acceptors (Lipinski definition) is 4. The Kier molecular flexibility index (Phi) is 6.66. The molecule has 35 heavy (non-hydrogen) atoms. The molecule has 2 heterocycles. The maximum Gasteiger partial charge on any atom is 0.230 e. The fourth-order valence-electron chi connectivity index (χ4n) is 5.55. The fraction of sp³-hybridized carbons (Fsp3) is 0.429. The summed E-state index contributed by atoms with van der Waals surface area (Å²) in [7, 11) is 0. The Morgan fingerprint density at radius 1 is 1.06 bits per heavy atom. The molecule has 2 fully saturated rings. The van der Waals surface area contributed by atoms with Crippen LogP contribution in [0.2, 0.25) is 0 Å². The minimum Gasteiger partial charge on any atom is -0.356 e. The van der Waals surface area contributed by atoms with E-state index in [2.05, 4.69) is 69.0 Å². The molecule has 1 spiro atoms. The monoisotopic (exact) mass is 471 g/mol. The number of rotatable bonds is 8. The van der Waals surface area contributed by atoms with Crippen molar-refractivity contribution < 1.29 is 9.59 Å². The van der Waals surface area contributed by atoms with Crippen LogP contribution in [0.15, 0.2) is 60.7 Å². The summed E-state index contributed by atoms with van der Waals surface area (Å²) in [5.41, 5.74) is 2.61. The van der Waals surface area contributed by atoms with Gasteiger partial charge in [0.2, 0.25) is 11.8 Å². The third-order valence-electron chi connectivity index (χ3n) is 7.71. The first-order chi connectivity index (χ1) is 17.0. The molecule has 1 saturated carbocycles. The molecule has 182 valence electrons. The summed E-state index contributed by atoms with van der Waals surface area (Å²) >= 11 is 0. The summed E-state index contributed by atoms with van der Waals surface area (Å²) in [5, 5.41) is 10.1. The molecule has 1 atom stereocenters. The zero-order chi connectivity index (χ0) is 24.3. The Hall–Kier alpha value is -3.48. The van der Waals surface area contributed by atoms with Crippen LogP contribution in [-0.4, -0.2) is 51.5 Å². The van der Waals surface area contributed by atoms with Crippen LogP contribution in [-0.2, 0) is 16.0 Å². The smallest absolute Gasteiger partial charge is 0.230 e. The minimum atomic E-state index is 0.0633. The van der Waals surface area contributed by atoms with E-state index in [0.29, 0.717) is 25.5 Å². The van der Waals surface area contributed by atoms with Crippen molar-refractivity contribution in [2.24, 2.45) is 11.3 Å². The molecule has 7 nitrogen and oxygen atoms in total. The van der Waals surface area contributed by atoms with Gasteiger partial charge in [0.05, 0.1) is 6.42 Å². The van der Waals surface area contributed by atoms with Crippen LogP contribution in [0.5, 0.6) is 0 Å². The van der Waals surface area contributed by atoms with Crippen molar-refractivity contribution in [1.29, 1.82) is 0 Å². The van der Waals surface area contributed by atoms with Crippen molar-refractivity contribution in [2.45, 2.75) is 44.9 Å². The fourth-order valence-corrected chi connectivity index (χ4v) is 5.55. The summed E-state index contributed by atoms with van der Waals surface area (Å²) in [6, 6.07) is 21.0. The van der Waals surface area contributed by atoms with Crippen molar-refractivity contribution in [3.63, 3.8) is 0 Å². The molecule has 1 aliphatic heterocycles. The van der Waals surface area contributed by atoms with Gasteiger partial charge >= 0.3 is 0 Å². The third kappa shape index (κ3) is 5.29. The van der Waals surface area contributed by atoms with Crippen molar-refractivity contribution in [3.8, 4) is 0 Å². The number of amides is 2. The largest absolute Gasteiger partial charge is 0.356 e. The molecule has 2 amide bonds. The highest BCUT2D eigenvalue weighted by atomic mass is 16.2. The summed E-state index contributed by atoms with van der Waals surface area (Å²) in [6.07, 6.45) is 3.80. The Balaban J connectivity index is 1.10. The average Bonchev–Trinajstić information content (AvgIpc) is 3.43. The van der Waals surface area contributed by atoms with Crippen LogP contribution in [0.4, 0.5) is 0 Å². The zero-order valence-electron chi connectivity index (χ0n) is 20.2. The third-order valence-corrected chi connectivity index (χ3v) is 7.71. The Morgan fingerprint density at radius 2 is 1.69 bits per heavy atom. The predicted molar refractivity (Wildman–Crippen MR) is 134 cm³/mol. The molecule has 2 aliphatic rings. The Morgan fingerprint density at radius 3 is 2.26 bits per heavy atom. The van der Waals surface area contributed by atoms with Gasteiger partial charge in [0, 0.05) is 31.5 Å². The number of carbonyl (C=O) groups is 2. The van der Waals surface area contributed by atoms with Crippen LogP contribution in [0.3, 0.4) is 0 Å². The molecule has 0 radical (unpaired) electrons. The van der Waals surface area contributed by atoms with Gasteiger partial charge < -0.3 is 10.2 Å². The number of H-pyrrole nitrogens is 1. The number of hydrogen-bond donors (Lipinski definition) is 2. The van der Waals surface area contributed by atoms with Crippen LogP contribution < -0.4 is 5.32 Å². The molecular formula is C28H33N5O2. The van der Waals surface area contributed by atoms with E-state index >= 15 is 0 Å². The molecule has 7 heteroatoms. The van der Waals surface area contributed by atoms with Crippen molar-refractivity contribution in [3.05, 3.63) is 83.4 Å². The SMILES string of the molecule is Cc1nc(CC(=O)N2CCC3(CC2)C[C@@H]3C(=O)NCCC(c2ccccc2)c2ccccc2)n[nH]1. The van der Waals surface area contributed by atoms with E-state index in [9.17, 15) is 9.59 Å². The number of aromatic nitrogens is 3. The number of piperidine rings is 1. The maximum absolute atomic E-state index is 13.0. The van der Waals surface area contributed by atoms with Crippen LogP contribution in [0.1, 0.15) is 54.4 Å². The van der Waals surface area contributed by atoms with Gasteiger partial charge in [-0.25, -0.2) is 4.98 Å². The second-order valence-electron chi connectivity index (χ2n) is 9.97. The molecule has 2 aromatic carbocycles. The summed E-state index contributed by atoms with van der Waals surface area (Å²) < 4.78 is 0. The summed E-state index contributed by atoms with van der Waals surface area (Å²) in [4.78, 5) is 31.7. The van der Waals surface area contributed by atoms with E-state index < -0.39 is 0 Å². The van der Waals surface area contributed by atoms with Crippen LogP contribution in [0, 0.1) is 18.3 Å². The number of nitrogens with zero attached hydrogens (tertiary/aromatic N) is 3. The first-order valence-electron chi connectivity index (χ1n) is 12.6. The number of benzene rings is 2. The van der Waals surface area contributed by atoms with Crippen LogP contribution >= 0.6 is 0 Å². The highest BCUT2D eigenvalue weighted by Crippen LogP contribution is 2.59. The van der Waals surface area contributed by atoms with Gasteiger partial charge in [0.25, 0.3) is 0 Å². The van der Waals surface area contributed by atoms with Gasteiger partial charge in [0.1, 0.15) is 5.82 Å². The molecule has 0 unspecified atom stereocenters. The second-order valence-corrected chi connectivity index (χ2v) is 9.97. The van der Waals surface area contributed by atoms with E-state index in [1.807, 2.05) is 24.0 Å². The Bertz CT molecular complexity index is 1110. The van der Waals surface area contributed by atoms with Gasteiger partial charge in [-0.3, -0.25) is 14.7 Å². The highest BCUT2D eigenvalue weighted by molar-refractivity contribution is 5.83. The second kappa shape index (κ2) is 10.0. The lowest BCUT2D eigenvalue weighted by molar-refractivity contribution is -0.132.